The van der Waals surface area contributed by atoms with E-state index in [1.807, 2.05) is 12.1 Å². The van der Waals surface area contributed by atoms with Crippen molar-refractivity contribution in [3.8, 4) is 17.1 Å². The Balaban J connectivity index is 1.33. The van der Waals surface area contributed by atoms with Crippen LogP contribution in [0.2, 0.25) is 0 Å². The number of aromatic nitrogens is 1. The molecule has 2 aliphatic rings. The van der Waals surface area contributed by atoms with E-state index in [4.69, 9.17) is 14.4 Å². The second-order valence-corrected chi connectivity index (χ2v) is 9.67. The normalized spacial score (nSPS) is 18.5. The van der Waals surface area contributed by atoms with E-state index in [1.165, 1.54) is 16.7 Å². The number of fused-ring (bicyclic) bond motifs is 4. The van der Waals surface area contributed by atoms with E-state index in [2.05, 4.69) is 103 Å². The van der Waals surface area contributed by atoms with Gasteiger partial charge in [-0.25, -0.2) is 5.01 Å². The molecule has 0 N–H and O–H groups in total. The fraction of sp³-hybridized carbons (Fsp3) is 0.161. The predicted octanol–water partition coefficient (Wildman–Crippen LogP) is 7.35. The SMILES string of the molecule is Cc1ccc(C2=NN3C(C2)c2ccccc2OC3c2ccc3noc(-c4ccc(C)cc4)c3c2)cc1. The van der Waals surface area contributed by atoms with Crippen molar-refractivity contribution in [3.05, 3.63) is 119 Å². The van der Waals surface area contributed by atoms with Gasteiger partial charge in [-0.3, -0.25) is 0 Å². The molecular weight excluding hydrogens is 446 g/mol. The average molecular weight is 472 g/mol. The fourth-order valence-corrected chi connectivity index (χ4v) is 5.20. The molecule has 2 aliphatic heterocycles. The third kappa shape index (κ3) is 3.39. The summed E-state index contributed by atoms with van der Waals surface area (Å²) in [5.74, 6) is 1.68. The highest BCUT2D eigenvalue weighted by atomic mass is 16.5. The second-order valence-electron chi connectivity index (χ2n) is 9.67. The van der Waals surface area contributed by atoms with Crippen molar-refractivity contribution in [2.75, 3.05) is 0 Å². The minimum absolute atomic E-state index is 0.117. The minimum atomic E-state index is -0.349. The molecule has 0 fully saturated rings. The van der Waals surface area contributed by atoms with Crippen LogP contribution in [0.25, 0.3) is 22.2 Å². The van der Waals surface area contributed by atoms with Gasteiger partial charge in [0.25, 0.3) is 0 Å². The van der Waals surface area contributed by atoms with Crippen LogP contribution in [0.5, 0.6) is 5.75 Å². The topological polar surface area (TPSA) is 50.9 Å². The first-order valence-electron chi connectivity index (χ1n) is 12.3. The molecule has 1 aromatic heterocycles. The second kappa shape index (κ2) is 8.09. The highest BCUT2D eigenvalue weighted by Crippen LogP contribution is 2.48. The Labute approximate surface area is 209 Å². The molecule has 0 saturated carbocycles. The van der Waals surface area contributed by atoms with Crippen molar-refractivity contribution in [1.82, 2.24) is 10.2 Å². The maximum absolute atomic E-state index is 6.59. The molecule has 176 valence electrons. The molecule has 3 heterocycles. The molecule has 0 aliphatic carbocycles. The summed E-state index contributed by atoms with van der Waals surface area (Å²) in [5.41, 5.74) is 8.71. The van der Waals surface area contributed by atoms with Crippen molar-refractivity contribution < 1.29 is 9.26 Å². The molecular formula is C31H25N3O2. The van der Waals surface area contributed by atoms with Crippen molar-refractivity contribution >= 4 is 16.6 Å². The van der Waals surface area contributed by atoms with Crippen LogP contribution in [-0.4, -0.2) is 15.9 Å². The zero-order valence-corrected chi connectivity index (χ0v) is 20.2. The van der Waals surface area contributed by atoms with Gasteiger partial charge in [-0.2, -0.15) is 5.10 Å². The molecule has 5 aromatic rings. The predicted molar refractivity (Wildman–Crippen MR) is 141 cm³/mol. The third-order valence-electron chi connectivity index (χ3n) is 7.18. The van der Waals surface area contributed by atoms with Gasteiger partial charge in [0, 0.05) is 23.1 Å². The summed E-state index contributed by atoms with van der Waals surface area (Å²) in [6.45, 7) is 4.19. The van der Waals surface area contributed by atoms with Crippen molar-refractivity contribution in [3.63, 3.8) is 0 Å². The molecule has 5 heteroatoms. The van der Waals surface area contributed by atoms with E-state index in [-0.39, 0.29) is 12.3 Å². The summed E-state index contributed by atoms with van der Waals surface area (Å²) in [4.78, 5) is 0. The van der Waals surface area contributed by atoms with Gasteiger partial charge in [0.2, 0.25) is 6.23 Å². The quantitative estimate of drug-likeness (QED) is 0.276. The Morgan fingerprint density at radius 1 is 0.806 bits per heavy atom. The van der Waals surface area contributed by atoms with E-state index in [9.17, 15) is 0 Å². The monoisotopic (exact) mass is 471 g/mol. The van der Waals surface area contributed by atoms with Crippen molar-refractivity contribution in [2.45, 2.75) is 32.5 Å². The lowest BCUT2D eigenvalue weighted by Gasteiger charge is -2.38. The first-order chi connectivity index (χ1) is 17.6. The standard InChI is InChI=1S/C31H25N3O2/c1-19-7-11-21(12-8-19)27-18-28-24-5-3-4-6-29(24)35-31(34(28)32-27)23-15-16-26-25(17-23)30(36-33-26)22-13-9-20(2)10-14-22/h3-17,28,31H,18H2,1-2H3. The lowest BCUT2D eigenvalue weighted by atomic mass is 9.95. The number of ether oxygens (including phenoxy) is 1. The Morgan fingerprint density at radius 2 is 1.53 bits per heavy atom. The van der Waals surface area contributed by atoms with Crippen LogP contribution in [0.4, 0.5) is 0 Å². The van der Waals surface area contributed by atoms with Crippen LogP contribution < -0.4 is 4.74 Å². The molecule has 36 heavy (non-hydrogen) atoms. The first-order valence-corrected chi connectivity index (χ1v) is 12.3. The summed E-state index contributed by atoms with van der Waals surface area (Å²) in [7, 11) is 0. The zero-order valence-electron chi connectivity index (χ0n) is 20.2. The molecule has 0 radical (unpaired) electrons. The van der Waals surface area contributed by atoms with Crippen molar-refractivity contribution in [2.24, 2.45) is 5.10 Å². The highest BCUT2D eigenvalue weighted by molar-refractivity contribution is 6.02. The Hall–Kier alpha value is -4.38. The van der Waals surface area contributed by atoms with Crippen LogP contribution in [0.15, 0.2) is 101 Å². The van der Waals surface area contributed by atoms with Crippen LogP contribution in [0, 0.1) is 13.8 Å². The zero-order chi connectivity index (χ0) is 24.2. The number of aryl methyl sites for hydroxylation is 2. The first kappa shape index (κ1) is 20.9. The Morgan fingerprint density at radius 3 is 2.31 bits per heavy atom. The lowest BCUT2D eigenvalue weighted by Crippen LogP contribution is -2.33. The maximum atomic E-state index is 6.59. The molecule has 5 nitrogen and oxygen atoms in total. The maximum Gasteiger partial charge on any atom is 0.213 e. The number of hydrogen-bond acceptors (Lipinski definition) is 5. The van der Waals surface area contributed by atoms with E-state index < -0.39 is 0 Å². The number of hydrogen-bond donors (Lipinski definition) is 0. The van der Waals surface area contributed by atoms with Gasteiger partial charge in [-0.05, 0) is 37.6 Å². The number of para-hydroxylation sites is 1. The number of rotatable bonds is 3. The van der Waals surface area contributed by atoms with E-state index in [0.29, 0.717) is 0 Å². The van der Waals surface area contributed by atoms with Gasteiger partial charge in [0.1, 0.15) is 11.3 Å². The molecule has 0 spiro atoms. The molecule has 2 atom stereocenters. The smallest absolute Gasteiger partial charge is 0.213 e. The van der Waals surface area contributed by atoms with Gasteiger partial charge >= 0.3 is 0 Å². The molecule has 2 unspecified atom stereocenters. The molecule has 0 amide bonds. The average Bonchev–Trinajstić information content (AvgIpc) is 3.54. The summed E-state index contributed by atoms with van der Waals surface area (Å²) in [6, 6.07) is 31.6. The highest BCUT2D eigenvalue weighted by Gasteiger charge is 2.41. The van der Waals surface area contributed by atoms with Gasteiger partial charge in [-0.15, -0.1) is 0 Å². The van der Waals surface area contributed by atoms with Gasteiger partial charge in [0.15, 0.2) is 5.76 Å². The van der Waals surface area contributed by atoms with Crippen LogP contribution >= 0.6 is 0 Å². The van der Waals surface area contributed by atoms with E-state index in [0.717, 1.165) is 51.2 Å². The largest absolute Gasteiger partial charge is 0.464 e. The lowest BCUT2D eigenvalue weighted by molar-refractivity contribution is -0.0189. The Kier molecular flexibility index (Phi) is 4.71. The van der Waals surface area contributed by atoms with Gasteiger partial charge in [-0.1, -0.05) is 89.1 Å². The van der Waals surface area contributed by atoms with E-state index in [1.54, 1.807) is 0 Å². The van der Waals surface area contributed by atoms with Gasteiger partial charge in [0.05, 0.1) is 17.1 Å². The van der Waals surface area contributed by atoms with Crippen LogP contribution in [-0.2, 0) is 0 Å². The molecule has 0 saturated heterocycles. The number of benzene rings is 4. The summed E-state index contributed by atoms with van der Waals surface area (Å²) >= 11 is 0. The van der Waals surface area contributed by atoms with Gasteiger partial charge < -0.3 is 9.26 Å². The summed E-state index contributed by atoms with van der Waals surface area (Å²) < 4.78 is 12.4. The number of nitrogens with zero attached hydrogens (tertiary/aromatic N) is 3. The van der Waals surface area contributed by atoms with Crippen molar-refractivity contribution in [1.29, 1.82) is 0 Å². The molecule has 4 aromatic carbocycles. The Bertz CT molecular complexity index is 1620. The fourth-order valence-electron chi connectivity index (χ4n) is 5.20. The number of hydrazone groups is 1. The van der Waals surface area contributed by atoms with Crippen LogP contribution in [0.1, 0.15) is 46.5 Å². The molecule has 0 bridgehead atoms. The minimum Gasteiger partial charge on any atom is -0.464 e. The third-order valence-corrected chi connectivity index (χ3v) is 7.18. The van der Waals surface area contributed by atoms with Crippen LogP contribution in [0.3, 0.4) is 0 Å². The molecule has 7 rings (SSSR count). The summed E-state index contributed by atoms with van der Waals surface area (Å²) in [5, 5.41) is 12.5. The van der Waals surface area contributed by atoms with E-state index >= 15 is 0 Å². The summed E-state index contributed by atoms with van der Waals surface area (Å²) in [6.07, 6.45) is 0.488.